The van der Waals surface area contributed by atoms with E-state index in [9.17, 15) is 27.3 Å². The number of phosphoric acid groups is 1. The minimum Gasteiger partial charge on any atom is -0.445 e. The number of benzene rings is 2. The van der Waals surface area contributed by atoms with Gasteiger partial charge in [-0.25, -0.2) is 37.2 Å². The molecular formula is C22H20F3N4O7P. The van der Waals surface area contributed by atoms with Gasteiger partial charge in [-0.1, -0.05) is 6.07 Å². The van der Waals surface area contributed by atoms with Crippen molar-refractivity contribution in [1.82, 2.24) is 10.3 Å². The Hall–Kier alpha value is -3.97. The maximum absolute atomic E-state index is 14.4. The smallest absolute Gasteiger partial charge is 0.445 e. The summed E-state index contributed by atoms with van der Waals surface area (Å²) in [6.45, 7) is -1.14. The number of nitrogens with zero attached hydrogens (tertiary/aromatic N) is 2. The normalized spacial score (nSPS) is 11.2. The highest BCUT2D eigenvalue weighted by molar-refractivity contribution is 7.46. The number of pyridine rings is 1. The van der Waals surface area contributed by atoms with Gasteiger partial charge < -0.3 is 25.6 Å². The van der Waals surface area contributed by atoms with Crippen molar-refractivity contribution in [3.63, 3.8) is 0 Å². The third-order valence-electron chi connectivity index (χ3n) is 4.68. The quantitative estimate of drug-likeness (QED) is 0.236. The Morgan fingerprint density at radius 2 is 1.68 bits per heavy atom. The first-order chi connectivity index (χ1) is 17.5. The van der Waals surface area contributed by atoms with E-state index in [1.807, 2.05) is 0 Å². The number of rotatable bonds is 9. The number of urea groups is 1. The van der Waals surface area contributed by atoms with Crippen molar-refractivity contribution in [1.29, 1.82) is 0 Å². The number of halogens is 3. The number of phosphoric ester groups is 1. The molecule has 5 N–H and O–H groups in total. The van der Waals surface area contributed by atoms with Crippen LogP contribution in [-0.4, -0.2) is 40.0 Å². The molecule has 0 spiro atoms. The molecule has 1 heterocycles. The topological polar surface area (TPSA) is 164 Å². The second-order valence-electron chi connectivity index (χ2n) is 7.25. The maximum Gasteiger partial charge on any atom is 0.469 e. The van der Waals surface area contributed by atoms with Gasteiger partial charge >= 0.3 is 19.9 Å². The van der Waals surface area contributed by atoms with Crippen LogP contribution in [0.25, 0.3) is 11.3 Å². The van der Waals surface area contributed by atoms with Crippen LogP contribution in [0.1, 0.15) is 5.56 Å². The predicted octanol–water partition coefficient (Wildman–Crippen LogP) is 3.72. The third-order valence-corrected chi connectivity index (χ3v) is 5.20. The molecule has 0 saturated carbocycles. The monoisotopic (exact) mass is 540 g/mol. The summed E-state index contributed by atoms with van der Waals surface area (Å²) in [5.74, 6) is -2.97. The van der Waals surface area contributed by atoms with Gasteiger partial charge in [-0.2, -0.15) is 0 Å². The maximum atomic E-state index is 14.4. The first-order valence-electron chi connectivity index (χ1n) is 10.4. The number of primary amides is 1. The number of amides is 3. The third kappa shape index (κ3) is 7.51. The van der Waals surface area contributed by atoms with Crippen LogP contribution in [-0.2, 0) is 20.4 Å². The molecule has 37 heavy (non-hydrogen) atoms. The van der Waals surface area contributed by atoms with Crippen LogP contribution < -0.4 is 16.0 Å². The molecule has 0 aliphatic carbocycles. The number of nitrogens with one attached hydrogen (secondary N) is 1. The molecule has 11 nitrogen and oxygen atoms in total. The molecule has 196 valence electrons. The molecule has 2 aromatic carbocycles. The van der Waals surface area contributed by atoms with Crippen molar-refractivity contribution in [2.45, 2.75) is 6.61 Å². The Bertz CT molecular complexity index is 1320. The summed E-state index contributed by atoms with van der Waals surface area (Å²) in [4.78, 5) is 46.2. The van der Waals surface area contributed by atoms with E-state index in [2.05, 4.69) is 14.8 Å². The fraction of sp³-hybridized carbons (Fsp3) is 0.136. The first-order valence-corrected chi connectivity index (χ1v) is 11.9. The van der Waals surface area contributed by atoms with E-state index in [0.717, 1.165) is 30.3 Å². The number of carbonyl (C=O) groups is 2. The summed E-state index contributed by atoms with van der Waals surface area (Å²) in [6.07, 6.45) is -0.962. The van der Waals surface area contributed by atoms with Crippen LogP contribution in [0.4, 0.5) is 34.3 Å². The molecular weight excluding hydrogens is 520 g/mol. The minimum atomic E-state index is -4.69. The highest BCUT2D eigenvalue weighted by Gasteiger charge is 2.25. The van der Waals surface area contributed by atoms with Crippen LogP contribution >= 0.6 is 7.82 Å². The number of ether oxygens (including phenoxy) is 1. The molecule has 0 unspecified atom stereocenters. The van der Waals surface area contributed by atoms with Crippen LogP contribution in [0.2, 0.25) is 0 Å². The molecule has 0 bridgehead atoms. The summed E-state index contributed by atoms with van der Waals surface area (Å²) in [5.41, 5.74) is 5.30. The molecule has 3 rings (SSSR count). The second kappa shape index (κ2) is 11.8. The van der Waals surface area contributed by atoms with Crippen LogP contribution in [0, 0.1) is 17.5 Å². The highest BCUT2D eigenvalue weighted by Crippen LogP contribution is 2.35. The zero-order valence-electron chi connectivity index (χ0n) is 18.8. The molecule has 15 heteroatoms. The lowest BCUT2D eigenvalue weighted by Crippen LogP contribution is -2.33. The van der Waals surface area contributed by atoms with Crippen molar-refractivity contribution in [2.24, 2.45) is 5.73 Å². The molecule has 0 aliphatic rings. The summed E-state index contributed by atoms with van der Waals surface area (Å²) in [6, 6.07) is 9.27. The van der Waals surface area contributed by atoms with E-state index in [1.54, 1.807) is 0 Å². The van der Waals surface area contributed by atoms with Gasteiger partial charge in [-0.15, -0.1) is 0 Å². The summed E-state index contributed by atoms with van der Waals surface area (Å²) < 4.78 is 62.3. The largest absolute Gasteiger partial charge is 0.469 e. The van der Waals surface area contributed by atoms with E-state index in [1.165, 1.54) is 24.3 Å². The van der Waals surface area contributed by atoms with Crippen LogP contribution in [0.5, 0.6) is 0 Å². The lowest BCUT2D eigenvalue weighted by molar-refractivity contribution is 0.135. The molecule has 0 aliphatic heterocycles. The molecule has 1 aromatic heterocycles. The molecule has 0 atom stereocenters. The van der Waals surface area contributed by atoms with Crippen molar-refractivity contribution in [3.8, 4) is 11.3 Å². The highest BCUT2D eigenvalue weighted by atomic mass is 31.2. The average molecular weight is 540 g/mol. The molecule has 0 fully saturated rings. The van der Waals surface area contributed by atoms with Gasteiger partial charge in [0.25, 0.3) is 0 Å². The zero-order valence-corrected chi connectivity index (χ0v) is 19.7. The lowest BCUT2D eigenvalue weighted by Gasteiger charge is -2.22. The Morgan fingerprint density at radius 1 is 1.03 bits per heavy atom. The minimum absolute atomic E-state index is 0.0816. The lowest BCUT2D eigenvalue weighted by atomic mass is 10.1. The van der Waals surface area contributed by atoms with Gasteiger partial charge in [0.1, 0.15) is 35.6 Å². The second-order valence-corrected chi connectivity index (χ2v) is 8.49. The van der Waals surface area contributed by atoms with Crippen LogP contribution in [0.3, 0.4) is 0 Å². The number of carbonyl (C=O) groups excluding carboxylic acids is 2. The Labute approximate surface area is 207 Å². The van der Waals surface area contributed by atoms with Gasteiger partial charge in [-0.3, -0.25) is 4.52 Å². The van der Waals surface area contributed by atoms with E-state index < -0.39 is 56.3 Å². The fourth-order valence-corrected chi connectivity index (χ4v) is 3.46. The van der Waals surface area contributed by atoms with Gasteiger partial charge in [0.05, 0.1) is 12.3 Å². The van der Waals surface area contributed by atoms with Crippen LogP contribution in [0.15, 0.2) is 54.6 Å². The van der Waals surface area contributed by atoms with E-state index >= 15 is 0 Å². The summed E-state index contributed by atoms with van der Waals surface area (Å²) >= 11 is 0. The molecule has 0 saturated heterocycles. The average Bonchev–Trinajstić information content (AvgIpc) is 2.82. The number of aromatic nitrogens is 1. The Morgan fingerprint density at radius 3 is 2.27 bits per heavy atom. The fourth-order valence-electron chi connectivity index (χ4n) is 3.13. The van der Waals surface area contributed by atoms with Crippen molar-refractivity contribution in [2.75, 3.05) is 18.1 Å². The number of anilines is 2. The SMILES string of the molecule is NC(=O)N(c1ccc(COC(=O)NCCOP(=O)(O)O)c(-c2ccc(F)cc2)n1)c1c(F)cccc1F. The zero-order chi connectivity index (χ0) is 27.2. The number of hydrogen-bond acceptors (Lipinski definition) is 6. The van der Waals surface area contributed by atoms with E-state index in [4.69, 9.17) is 20.3 Å². The predicted molar refractivity (Wildman–Crippen MR) is 124 cm³/mol. The number of hydrogen-bond donors (Lipinski definition) is 4. The number of nitrogens with two attached hydrogens (primary N) is 1. The van der Waals surface area contributed by atoms with Crippen molar-refractivity contribution < 1.29 is 46.4 Å². The van der Waals surface area contributed by atoms with Gasteiger partial charge in [0.15, 0.2) is 0 Å². The van der Waals surface area contributed by atoms with Crippen molar-refractivity contribution >= 4 is 31.5 Å². The molecule has 3 aromatic rings. The first kappa shape index (κ1) is 27.6. The van der Waals surface area contributed by atoms with Gasteiger partial charge in [-0.05, 0) is 48.5 Å². The molecule has 3 amide bonds. The number of para-hydroxylation sites is 1. The van der Waals surface area contributed by atoms with Crippen molar-refractivity contribution in [3.05, 3.63) is 77.6 Å². The van der Waals surface area contributed by atoms with E-state index in [0.29, 0.717) is 10.5 Å². The van der Waals surface area contributed by atoms with Gasteiger partial charge in [0, 0.05) is 17.7 Å². The number of alkyl carbamates (subject to hydrolysis) is 1. The summed E-state index contributed by atoms with van der Waals surface area (Å²) in [5, 5.41) is 2.22. The molecule has 0 radical (unpaired) electrons. The standard InChI is InChI=1S/C22H20F3N4O7P/c23-15-7-4-13(5-8-15)19-14(12-35-22(31)27-10-11-36-37(32,33)34)6-9-18(28-19)29(21(26)30)20-16(24)2-1-3-17(20)25/h1-9H,10-12H2,(H2,26,30)(H,27,31)(H2,32,33,34). The summed E-state index contributed by atoms with van der Waals surface area (Å²) in [7, 11) is -4.69. The Balaban J connectivity index is 1.90. The van der Waals surface area contributed by atoms with Gasteiger partial charge in [0.2, 0.25) is 0 Å². The van der Waals surface area contributed by atoms with E-state index in [-0.39, 0.29) is 23.6 Å². The Kier molecular flexibility index (Phi) is 8.84.